The molecular weight excluding hydrogens is 324 g/mol. The maximum absolute atomic E-state index is 14.0. The highest BCUT2D eigenvalue weighted by molar-refractivity contribution is 5.80. The minimum Gasteiger partial charge on any atom is -0.377 e. The van der Waals surface area contributed by atoms with E-state index >= 15 is 0 Å². The summed E-state index contributed by atoms with van der Waals surface area (Å²) in [5.74, 6) is -0.0332. The number of fused-ring (bicyclic) bond motifs is 1. The molecule has 4 unspecified atom stereocenters. The van der Waals surface area contributed by atoms with E-state index in [1.165, 1.54) is 12.1 Å². The highest BCUT2D eigenvalue weighted by atomic mass is 19.1. The van der Waals surface area contributed by atoms with Gasteiger partial charge in [-0.2, -0.15) is 0 Å². The van der Waals surface area contributed by atoms with E-state index in [9.17, 15) is 8.78 Å². The summed E-state index contributed by atoms with van der Waals surface area (Å²) in [4.78, 5) is 4.28. The van der Waals surface area contributed by atoms with E-state index in [-0.39, 0.29) is 23.6 Å². The van der Waals surface area contributed by atoms with Crippen LogP contribution in [0.1, 0.15) is 45.2 Å². The number of ether oxygens (including phenoxy) is 1. The van der Waals surface area contributed by atoms with Crippen LogP contribution in [0, 0.1) is 23.0 Å². The highest BCUT2D eigenvalue weighted by Crippen LogP contribution is 2.51. The fourth-order valence-electron chi connectivity index (χ4n) is 4.27. The lowest BCUT2D eigenvalue weighted by Gasteiger charge is -2.60. The number of nitrogens with zero attached hydrogens (tertiary/aromatic N) is 1. The molecule has 1 saturated carbocycles. The standard InChI is InChI=1S/C19H27F2N3O/c1-11(13-8-7-12(20)10-15(13)21)23-18(22-4)24-16-14-6-5-9-25-17(14)19(16,2)3/h7-8,10-11,14,16-17H,5-6,9H2,1-4H3,(H2,22,23,24). The van der Waals surface area contributed by atoms with Gasteiger partial charge in [-0.15, -0.1) is 0 Å². The Bertz CT molecular complexity index is 662. The number of hydrogen-bond donors (Lipinski definition) is 2. The summed E-state index contributed by atoms with van der Waals surface area (Å²) in [6, 6.07) is 3.57. The molecule has 1 aliphatic heterocycles. The second kappa shape index (κ2) is 6.90. The zero-order valence-electron chi connectivity index (χ0n) is 15.3. The third-order valence-electron chi connectivity index (χ3n) is 5.63. The Balaban J connectivity index is 1.67. The van der Waals surface area contributed by atoms with Crippen LogP contribution in [0.2, 0.25) is 0 Å². The van der Waals surface area contributed by atoms with Gasteiger partial charge in [-0.3, -0.25) is 4.99 Å². The zero-order valence-corrected chi connectivity index (χ0v) is 15.3. The molecule has 0 radical (unpaired) electrons. The molecule has 0 aromatic heterocycles. The van der Waals surface area contributed by atoms with E-state index in [0.29, 0.717) is 17.4 Å². The molecule has 2 fully saturated rings. The van der Waals surface area contributed by atoms with Crippen LogP contribution in [0.5, 0.6) is 0 Å². The minimum atomic E-state index is -0.574. The van der Waals surface area contributed by atoms with Crippen LogP contribution in [0.25, 0.3) is 0 Å². The Hall–Kier alpha value is -1.69. The van der Waals surface area contributed by atoms with Gasteiger partial charge in [0.2, 0.25) is 0 Å². The highest BCUT2D eigenvalue weighted by Gasteiger charge is 2.58. The Morgan fingerprint density at radius 2 is 2.12 bits per heavy atom. The van der Waals surface area contributed by atoms with Gasteiger partial charge in [0.25, 0.3) is 0 Å². The van der Waals surface area contributed by atoms with E-state index in [0.717, 1.165) is 25.5 Å². The molecule has 1 heterocycles. The van der Waals surface area contributed by atoms with Crippen molar-refractivity contribution in [3.05, 3.63) is 35.4 Å². The average Bonchev–Trinajstić information content (AvgIpc) is 2.58. The number of rotatable bonds is 3. The second-order valence-corrected chi connectivity index (χ2v) is 7.64. The third kappa shape index (κ3) is 3.36. The molecule has 138 valence electrons. The lowest BCUT2D eigenvalue weighted by atomic mass is 9.55. The first kappa shape index (κ1) is 18.1. The molecule has 4 nitrogen and oxygen atoms in total. The number of halogens is 2. The molecule has 3 rings (SSSR count). The molecule has 4 atom stereocenters. The second-order valence-electron chi connectivity index (χ2n) is 7.64. The first-order valence-electron chi connectivity index (χ1n) is 8.91. The van der Waals surface area contributed by atoms with Gasteiger partial charge in [-0.25, -0.2) is 8.78 Å². The van der Waals surface area contributed by atoms with Crippen molar-refractivity contribution in [3.8, 4) is 0 Å². The van der Waals surface area contributed by atoms with E-state index in [1.54, 1.807) is 7.05 Å². The molecule has 2 aliphatic rings. The third-order valence-corrected chi connectivity index (χ3v) is 5.63. The lowest BCUT2D eigenvalue weighted by molar-refractivity contribution is -0.188. The summed E-state index contributed by atoms with van der Waals surface area (Å²) in [5.41, 5.74) is 0.434. The van der Waals surface area contributed by atoms with E-state index < -0.39 is 11.6 Å². The predicted molar refractivity (Wildman–Crippen MR) is 94.4 cm³/mol. The molecular formula is C19H27F2N3O. The largest absolute Gasteiger partial charge is 0.377 e. The summed E-state index contributed by atoms with van der Waals surface area (Å²) in [7, 11) is 1.70. The minimum absolute atomic E-state index is 0.0209. The Labute approximate surface area is 148 Å². The van der Waals surface area contributed by atoms with E-state index in [1.807, 2.05) is 6.92 Å². The van der Waals surface area contributed by atoms with Crippen LogP contribution >= 0.6 is 0 Å². The zero-order chi connectivity index (χ0) is 18.2. The van der Waals surface area contributed by atoms with Gasteiger partial charge in [0.1, 0.15) is 11.6 Å². The van der Waals surface area contributed by atoms with Crippen molar-refractivity contribution in [2.45, 2.75) is 51.8 Å². The molecule has 0 spiro atoms. The molecule has 1 saturated heterocycles. The molecule has 1 aliphatic carbocycles. The maximum atomic E-state index is 14.0. The fraction of sp³-hybridized carbons (Fsp3) is 0.632. The van der Waals surface area contributed by atoms with Crippen molar-refractivity contribution < 1.29 is 13.5 Å². The van der Waals surface area contributed by atoms with E-state index in [4.69, 9.17) is 4.74 Å². The van der Waals surface area contributed by atoms with Gasteiger partial charge >= 0.3 is 0 Å². The Morgan fingerprint density at radius 3 is 2.80 bits per heavy atom. The molecule has 2 N–H and O–H groups in total. The summed E-state index contributed by atoms with van der Waals surface area (Å²) in [6.45, 7) is 7.08. The number of hydrogen-bond acceptors (Lipinski definition) is 2. The molecule has 25 heavy (non-hydrogen) atoms. The van der Waals surface area contributed by atoms with Crippen LogP contribution in [0.15, 0.2) is 23.2 Å². The van der Waals surface area contributed by atoms with Crippen molar-refractivity contribution in [1.29, 1.82) is 0 Å². The van der Waals surface area contributed by atoms with Gasteiger partial charge in [0.15, 0.2) is 5.96 Å². The number of nitrogens with one attached hydrogen (secondary N) is 2. The first-order chi connectivity index (χ1) is 11.8. The molecule has 1 aromatic rings. The Morgan fingerprint density at radius 1 is 1.36 bits per heavy atom. The molecule has 0 bridgehead atoms. The van der Waals surface area contributed by atoms with Crippen molar-refractivity contribution in [3.63, 3.8) is 0 Å². The van der Waals surface area contributed by atoms with Crippen LogP contribution in [-0.2, 0) is 4.74 Å². The normalized spacial score (nSPS) is 29.4. The van der Waals surface area contributed by atoms with Crippen LogP contribution in [0.4, 0.5) is 8.78 Å². The van der Waals surface area contributed by atoms with Crippen LogP contribution in [-0.4, -0.2) is 31.8 Å². The number of aliphatic imine (C=N–C) groups is 1. The summed E-state index contributed by atoms with van der Waals surface area (Å²) in [5, 5.41) is 6.70. The summed E-state index contributed by atoms with van der Waals surface area (Å²) in [6.07, 6.45) is 2.51. The van der Waals surface area contributed by atoms with E-state index in [2.05, 4.69) is 29.5 Å². The SMILES string of the molecule is CN=C(NC(C)c1ccc(F)cc1F)NC1C2CCCOC2C1(C)C. The molecule has 0 amide bonds. The molecule has 6 heteroatoms. The quantitative estimate of drug-likeness (QED) is 0.648. The van der Waals surface area contributed by atoms with Crippen molar-refractivity contribution in [2.24, 2.45) is 16.3 Å². The number of guanidine groups is 1. The average molecular weight is 351 g/mol. The van der Waals surface area contributed by atoms with Gasteiger partial charge in [-0.1, -0.05) is 19.9 Å². The fourth-order valence-corrected chi connectivity index (χ4v) is 4.27. The van der Waals surface area contributed by atoms with Gasteiger partial charge in [0, 0.05) is 42.7 Å². The van der Waals surface area contributed by atoms with Crippen LogP contribution < -0.4 is 10.6 Å². The van der Waals surface area contributed by atoms with Crippen LogP contribution in [0.3, 0.4) is 0 Å². The van der Waals surface area contributed by atoms with Crippen molar-refractivity contribution >= 4 is 5.96 Å². The topological polar surface area (TPSA) is 45.7 Å². The van der Waals surface area contributed by atoms with Crippen molar-refractivity contribution in [2.75, 3.05) is 13.7 Å². The monoisotopic (exact) mass is 351 g/mol. The number of benzene rings is 1. The maximum Gasteiger partial charge on any atom is 0.191 e. The van der Waals surface area contributed by atoms with Crippen molar-refractivity contribution in [1.82, 2.24) is 10.6 Å². The lowest BCUT2D eigenvalue weighted by Crippen LogP contribution is -2.71. The van der Waals surface area contributed by atoms with Gasteiger partial charge in [-0.05, 0) is 25.8 Å². The van der Waals surface area contributed by atoms with Gasteiger partial charge in [0.05, 0.1) is 12.1 Å². The molecule has 1 aromatic carbocycles. The van der Waals surface area contributed by atoms with Gasteiger partial charge < -0.3 is 15.4 Å². The summed E-state index contributed by atoms with van der Waals surface area (Å²) >= 11 is 0. The summed E-state index contributed by atoms with van der Waals surface area (Å²) < 4.78 is 33.0. The smallest absolute Gasteiger partial charge is 0.191 e. The first-order valence-corrected chi connectivity index (χ1v) is 8.91. The predicted octanol–water partition coefficient (Wildman–Crippen LogP) is 3.39. The Kier molecular flexibility index (Phi) is 5.00.